The van der Waals surface area contributed by atoms with Crippen LogP contribution < -0.4 is 15.8 Å². The van der Waals surface area contributed by atoms with E-state index in [-0.39, 0.29) is 23.0 Å². The molecule has 23 heavy (non-hydrogen) atoms. The van der Waals surface area contributed by atoms with E-state index in [4.69, 9.17) is 0 Å². The number of nitrogens with one attached hydrogen (secondary N) is 2. The third-order valence-electron chi connectivity index (χ3n) is 3.53. The summed E-state index contributed by atoms with van der Waals surface area (Å²) in [6, 6.07) is 5.24. The van der Waals surface area contributed by atoms with Gasteiger partial charge in [0.25, 0.3) is 11.5 Å². The zero-order valence-corrected chi connectivity index (χ0v) is 14.5. The summed E-state index contributed by atoms with van der Waals surface area (Å²) >= 11 is 0. The maximum Gasteiger partial charge on any atom is 0.291 e. The number of rotatable bonds is 3. The average Bonchev–Trinajstić information content (AvgIpc) is 2.43. The number of carbonyl (C=O) groups is 1. The Morgan fingerprint density at radius 2 is 1.96 bits per heavy atom. The topological polar surface area (TPSA) is 78.1 Å². The Morgan fingerprint density at radius 1 is 1.30 bits per heavy atom. The van der Waals surface area contributed by atoms with Gasteiger partial charge in [-0.1, -0.05) is 0 Å². The van der Waals surface area contributed by atoms with Crippen LogP contribution in [0.5, 0.6) is 0 Å². The lowest BCUT2D eigenvalue weighted by Gasteiger charge is -2.22. The fraction of sp³-hybridized carbons (Fsp3) is 0.471. The van der Waals surface area contributed by atoms with Gasteiger partial charge in [0.15, 0.2) is 5.82 Å². The molecule has 6 nitrogen and oxygen atoms in total. The Balaban J connectivity index is 2.48. The molecule has 0 aliphatic carbocycles. The standard InChI is InChI=1S/C17H24N4O2/c1-10(2)21(6)14-16(23)19-12-8-7-11(9-13(12)18-14)15(22)20-17(3,4)5/h7-10H,1-6H3,(H,19,23)(H,20,22). The quantitative estimate of drug-likeness (QED) is 0.911. The predicted molar refractivity (Wildman–Crippen MR) is 93.1 cm³/mol. The van der Waals surface area contributed by atoms with Crippen molar-refractivity contribution < 1.29 is 4.79 Å². The molecule has 1 heterocycles. The van der Waals surface area contributed by atoms with Gasteiger partial charge in [-0.05, 0) is 52.8 Å². The highest BCUT2D eigenvalue weighted by molar-refractivity contribution is 5.97. The zero-order valence-electron chi connectivity index (χ0n) is 14.5. The lowest BCUT2D eigenvalue weighted by Crippen LogP contribution is -2.40. The minimum atomic E-state index is -0.312. The van der Waals surface area contributed by atoms with Crippen LogP contribution in [0.3, 0.4) is 0 Å². The SMILES string of the molecule is CC(C)N(C)c1nc2cc(C(=O)NC(C)(C)C)ccc2[nH]c1=O. The molecule has 1 aromatic carbocycles. The van der Waals surface area contributed by atoms with E-state index >= 15 is 0 Å². The van der Waals surface area contributed by atoms with Gasteiger partial charge in [0, 0.05) is 24.2 Å². The first-order chi connectivity index (χ1) is 10.6. The largest absolute Gasteiger partial charge is 0.353 e. The fourth-order valence-corrected chi connectivity index (χ4v) is 2.11. The lowest BCUT2D eigenvalue weighted by atomic mass is 10.1. The van der Waals surface area contributed by atoms with Crippen molar-refractivity contribution in [2.24, 2.45) is 0 Å². The van der Waals surface area contributed by atoms with Gasteiger partial charge < -0.3 is 15.2 Å². The Labute approximate surface area is 135 Å². The monoisotopic (exact) mass is 316 g/mol. The molecular weight excluding hydrogens is 292 g/mol. The fourth-order valence-electron chi connectivity index (χ4n) is 2.11. The summed E-state index contributed by atoms with van der Waals surface area (Å²) in [5, 5.41) is 2.92. The van der Waals surface area contributed by atoms with E-state index in [1.165, 1.54) is 0 Å². The molecular formula is C17H24N4O2. The average molecular weight is 316 g/mol. The number of amides is 1. The van der Waals surface area contributed by atoms with Crippen molar-refractivity contribution in [1.29, 1.82) is 0 Å². The number of benzene rings is 1. The summed E-state index contributed by atoms with van der Waals surface area (Å²) < 4.78 is 0. The van der Waals surface area contributed by atoms with Crippen molar-refractivity contribution in [3.8, 4) is 0 Å². The molecule has 0 aliphatic heterocycles. The van der Waals surface area contributed by atoms with Crippen molar-refractivity contribution in [3.63, 3.8) is 0 Å². The normalized spacial score (nSPS) is 11.8. The summed E-state index contributed by atoms with van der Waals surface area (Å²) in [5.41, 5.74) is 1.18. The maximum absolute atomic E-state index is 12.3. The second kappa shape index (κ2) is 6.02. The van der Waals surface area contributed by atoms with Crippen LogP contribution in [0.15, 0.2) is 23.0 Å². The second-order valence-corrected chi connectivity index (χ2v) is 7.03. The molecule has 0 aliphatic rings. The van der Waals surface area contributed by atoms with Crippen LogP contribution in [0.4, 0.5) is 5.82 Å². The molecule has 0 saturated carbocycles. The molecule has 2 N–H and O–H groups in total. The molecule has 0 saturated heterocycles. The molecule has 6 heteroatoms. The van der Waals surface area contributed by atoms with Crippen LogP contribution in [0.2, 0.25) is 0 Å². The van der Waals surface area contributed by atoms with E-state index in [1.54, 1.807) is 23.1 Å². The van der Waals surface area contributed by atoms with Gasteiger partial charge in [0.05, 0.1) is 11.0 Å². The van der Waals surface area contributed by atoms with Crippen molar-refractivity contribution >= 4 is 22.8 Å². The number of aromatic amines is 1. The van der Waals surface area contributed by atoms with E-state index in [0.717, 1.165) is 0 Å². The van der Waals surface area contributed by atoms with Crippen LogP contribution in [-0.4, -0.2) is 34.5 Å². The third-order valence-corrected chi connectivity index (χ3v) is 3.53. The smallest absolute Gasteiger partial charge is 0.291 e. The van der Waals surface area contributed by atoms with Gasteiger partial charge >= 0.3 is 0 Å². The number of carbonyl (C=O) groups excluding carboxylic acids is 1. The highest BCUT2D eigenvalue weighted by Gasteiger charge is 2.17. The van der Waals surface area contributed by atoms with Crippen LogP contribution in [0.1, 0.15) is 45.0 Å². The van der Waals surface area contributed by atoms with E-state index in [2.05, 4.69) is 15.3 Å². The molecule has 0 atom stereocenters. The summed E-state index contributed by atoms with van der Waals surface area (Å²) in [6.45, 7) is 9.75. The van der Waals surface area contributed by atoms with Gasteiger partial charge in [0.1, 0.15) is 0 Å². The lowest BCUT2D eigenvalue weighted by molar-refractivity contribution is 0.0919. The zero-order chi connectivity index (χ0) is 17.4. The van der Waals surface area contributed by atoms with Gasteiger partial charge in [0.2, 0.25) is 0 Å². The number of hydrogen-bond donors (Lipinski definition) is 2. The molecule has 0 bridgehead atoms. The summed E-state index contributed by atoms with van der Waals surface area (Å²) in [5.74, 6) is 0.187. The van der Waals surface area contributed by atoms with Crippen LogP contribution in [-0.2, 0) is 0 Å². The first kappa shape index (κ1) is 17.0. The Morgan fingerprint density at radius 3 is 2.52 bits per heavy atom. The molecule has 124 valence electrons. The van der Waals surface area contributed by atoms with Gasteiger partial charge in [-0.2, -0.15) is 0 Å². The van der Waals surface area contributed by atoms with Gasteiger partial charge in [-0.15, -0.1) is 0 Å². The molecule has 0 spiro atoms. The number of aromatic nitrogens is 2. The van der Waals surface area contributed by atoms with Crippen LogP contribution in [0, 0.1) is 0 Å². The number of anilines is 1. The van der Waals surface area contributed by atoms with E-state index in [0.29, 0.717) is 22.4 Å². The van der Waals surface area contributed by atoms with E-state index in [9.17, 15) is 9.59 Å². The molecule has 1 aromatic heterocycles. The van der Waals surface area contributed by atoms with Crippen molar-refractivity contribution in [2.45, 2.75) is 46.2 Å². The summed E-state index contributed by atoms with van der Waals surface area (Å²) in [6.07, 6.45) is 0. The van der Waals surface area contributed by atoms with Gasteiger partial charge in [-0.3, -0.25) is 9.59 Å². The van der Waals surface area contributed by atoms with Crippen LogP contribution >= 0.6 is 0 Å². The third kappa shape index (κ3) is 3.88. The maximum atomic E-state index is 12.3. The molecule has 0 unspecified atom stereocenters. The van der Waals surface area contributed by atoms with Gasteiger partial charge in [-0.25, -0.2) is 4.98 Å². The minimum Gasteiger partial charge on any atom is -0.353 e. The minimum absolute atomic E-state index is 0.147. The molecule has 0 radical (unpaired) electrons. The van der Waals surface area contributed by atoms with Crippen LogP contribution in [0.25, 0.3) is 11.0 Å². The highest BCUT2D eigenvalue weighted by Crippen LogP contribution is 2.15. The summed E-state index contributed by atoms with van der Waals surface area (Å²) in [7, 11) is 1.82. The number of fused-ring (bicyclic) bond motifs is 1. The van der Waals surface area contributed by atoms with E-state index in [1.807, 2.05) is 41.7 Å². The van der Waals surface area contributed by atoms with Crippen molar-refractivity contribution in [3.05, 3.63) is 34.1 Å². The number of H-pyrrole nitrogens is 1. The molecule has 2 rings (SSSR count). The highest BCUT2D eigenvalue weighted by atomic mass is 16.1. The van der Waals surface area contributed by atoms with E-state index < -0.39 is 0 Å². The Bertz CT molecular complexity index is 787. The first-order valence-corrected chi connectivity index (χ1v) is 7.68. The Hall–Kier alpha value is -2.37. The first-order valence-electron chi connectivity index (χ1n) is 7.68. The Kier molecular flexibility index (Phi) is 4.45. The summed E-state index contributed by atoms with van der Waals surface area (Å²) in [4.78, 5) is 33.5. The number of hydrogen-bond acceptors (Lipinski definition) is 4. The second-order valence-electron chi connectivity index (χ2n) is 7.03. The van der Waals surface area contributed by atoms with Crippen molar-refractivity contribution in [2.75, 3.05) is 11.9 Å². The molecule has 2 aromatic rings. The molecule has 1 amide bonds. The predicted octanol–water partition coefficient (Wildman–Crippen LogP) is 2.30. The number of nitrogens with zero attached hydrogens (tertiary/aromatic N) is 2. The molecule has 0 fully saturated rings. The van der Waals surface area contributed by atoms with Crippen molar-refractivity contribution in [1.82, 2.24) is 15.3 Å².